The molecular weight excluding hydrogens is 865 g/mol. The molecule has 0 unspecified atom stereocenters. The molecule has 12 aromatic rings. The van der Waals surface area contributed by atoms with Gasteiger partial charge in [0.05, 0.1) is 27.9 Å². The van der Waals surface area contributed by atoms with Gasteiger partial charge in [0.1, 0.15) is 16.9 Å². The molecule has 0 atom stereocenters. The van der Waals surface area contributed by atoms with Gasteiger partial charge in [-0.1, -0.05) is 200 Å². The van der Waals surface area contributed by atoms with E-state index in [2.05, 4.69) is 271 Å². The van der Waals surface area contributed by atoms with Crippen LogP contribution in [-0.4, -0.2) is 0 Å². The van der Waals surface area contributed by atoms with Crippen LogP contribution in [0.1, 0.15) is 22.3 Å². The van der Waals surface area contributed by atoms with Crippen LogP contribution >= 0.6 is 0 Å². The molecule has 4 heteroatoms. The van der Waals surface area contributed by atoms with Crippen molar-refractivity contribution in [2.75, 3.05) is 9.80 Å². The predicted molar refractivity (Wildman–Crippen MR) is 291 cm³/mol. The summed E-state index contributed by atoms with van der Waals surface area (Å²) in [5, 5.41) is 2.06. The molecule has 0 saturated heterocycles. The fourth-order valence-electron chi connectivity index (χ4n) is 11.5. The summed E-state index contributed by atoms with van der Waals surface area (Å²) < 4.78 is 14.3. The second-order valence-electron chi connectivity index (χ2n) is 18.4. The number of benzene rings is 11. The first-order chi connectivity index (χ1) is 35.2. The van der Waals surface area contributed by atoms with Gasteiger partial charge in [-0.05, 0) is 105 Å². The van der Waals surface area contributed by atoms with Gasteiger partial charge in [0, 0.05) is 39.6 Å². The molecule has 0 fully saturated rings. The SMILES string of the molecule is c1ccc(-c2ccc(N(c3ccc(-c4ccccc4)cc3)c3cc(N(c4ccccc4)c4cccc5c4Oc4ccccc4C54c5ccccc5-c5ccccc54)cc4oc5ccccc5c34)cc2)cc1. The molecule has 71 heavy (non-hydrogen) atoms. The Morgan fingerprint density at radius 1 is 0.310 bits per heavy atom. The average Bonchev–Trinajstić information content (AvgIpc) is 3.96. The largest absolute Gasteiger partial charge is 0.456 e. The van der Waals surface area contributed by atoms with Crippen LogP contribution in [0, 0.1) is 0 Å². The first-order valence-corrected chi connectivity index (χ1v) is 24.2. The molecule has 2 aliphatic rings. The fraction of sp³-hybridized carbons (Fsp3) is 0.0149. The Balaban J connectivity index is 1.03. The van der Waals surface area contributed by atoms with Gasteiger partial charge in [0.2, 0.25) is 0 Å². The predicted octanol–water partition coefficient (Wildman–Crippen LogP) is 18.3. The van der Waals surface area contributed by atoms with E-state index in [0.717, 1.165) is 89.8 Å². The lowest BCUT2D eigenvalue weighted by Gasteiger charge is -2.41. The summed E-state index contributed by atoms with van der Waals surface area (Å²) in [5.74, 6) is 1.64. The summed E-state index contributed by atoms with van der Waals surface area (Å²) in [7, 11) is 0. The van der Waals surface area contributed by atoms with E-state index >= 15 is 0 Å². The molecule has 11 aromatic carbocycles. The first-order valence-electron chi connectivity index (χ1n) is 24.2. The number of furan rings is 1. The molecule has 0 bridgehead atoms. The van der Waals surface area contributed by atoms with Crippen LogP contribution in [0.5, 0.6) is 11.5 Å². The number of hydrogen-bond donors (Lipinski definition) is 0. The lowest BCUT2D eigenvalue weighted by Crippen LogP contribution is -2.32. The smallest absolute Gasteiger partial charge is 0.156 e. The highest BCUT2D eigenvalue weighted by Gasteiger charge is 2.51. The van der Waals surface area contributed by atoms with Gasteiger partial charge >= 0.3 is 0 Å². The van der Waals surface area contributed by atoms with Crippen molar-refractivity contribution >= 4 is 56.1 Å². The first kappa shape index (κ1) is 40.7. The number of para-hydroxylation sites is 4. The maximum atomic E-state index is 7.32. The van der Waals surface area contributed by atoms with E-state index in [-0.39, 0.29) is 0 Å². The van der Waals surface area contributed by atoms with Gasteiger partial charge in [-0.25, -0.2) is 0 Å². The highest BCUT2D eigenvalue weighted by molar-refractivity contribution is 6.15. The van der Waals surface area contributed by atoms with Crippen molar-refractivity contribution in [1.82, 2.24) is 0 Å². The summed E-state index contributed by atoms with van der Waals surface area (Å²) in [6.45, 7) is 0. The Hall–Kier alpha value is -9.38. The minimum Gasteiger partial charge on any atom is -0.456 e. The molecule has 1 aliphatic heterocycles. The van der Waals surface area contributed by atoms with Crippen molar-refractivity contribution in [2.24, 2.45) is 0 Å². The van der Waals surface area contributed by atoms with Crippen LogP contribution in [0.4, 0.5) is 34.1 Å². The molecule has 1 spiro atoms. The third-order valence-electron chi connectivity index (χ3n) is 14.5. The maximum absolute atomic E-state index is 7.32. The Morgan fingerprint density at radius 2 is 0.789 bits per heavy atom. The molecule has 4 nitrogen and oxygen atoms in total. The van der Waals surface area contributed by atoms with Crippen LogP contribution in [0.15, 0.2) is 271 Å². The van der Waals surface area contributed by atoms with Crippen molar-refractivity contribution in [2.45, 2.75) is 5.41 Å². The Bertz CT molecular complexity index is 3830. The lowest BCUT2D eigenvalue weighted by atomic mass is 9.66. The van der Waals surface area contributed by atoms with E-state index in [9.17, 15) is 0 Å². The van der Waals surface area contributed by atoms with E-state index in [1.165, 1.54) is 33.4 Å². The van der Waals surface area contributed by atoms with Gasteiger partial charge in [0.15, 0.2) is 5.75 Å². The number of anilines is 6. The highest BCUT2D eigenvalue weighted by Crippen LogP contribution is 2.64. The molecule has 334 valence electrons. The van der Waals surface area contributed by atoms with E-state index in [0.29, 0.717) is 0 Å². The molecule has 1 aromatic heterocycles. The number of nitrogens with zero attached hydrogens (tertiary/aromatic N) is 2. The zero-order valence-electron chi connectivity index (χ0n) is 38.6. The number of ether oxygens (including phenoxy) is 1. The number of rotatable bonds is 8. The number of fused-ring (bicyclic) bond motifs is 12. The van der Waals surface area contributed by atoms with Crippen molar-refractivity contribution in [1.29, 1.82) is 0 Å². The van der Waals surface area contributed by atoms with Crippen molar-refractivity contribution in [3.05, 3.63) is 289 Å². The van der Waals surface area contributed by atoms with Crippen LogP contribution in [0.25, 0.3) is 55.3 Å². The van der Waals surface area contributed by atoms with Crippen molar-refractivity contribution in [3.8, 4) is 44.9 Å². The standard InChI is InChI=1S/C67H44N2O2/c1-4-19-45(20-5-1)47-35-39-50(40-36-47)68(51-41-37-48(38-42-51)46-21-6-2-7-22-46)61-43-52(44-64-65(61)55-27-12-16-33-62(55)70-64)69(49-23-8-3-9-24-49)60-32-18-31-59-66(60)71-63-34-17-15-30-58(63)67(59)56-28-13-10-25-53(56)54-26-11-14-29-57(54)67/h1-44H. The van der Waals surface area contributed by atoms with Gasteiger partial charge in [0.25, 0.3) is 0 Å². The van der Waals surface area contributed by atoms with Crippen LogP contribution in [0.3, 0.4) is 0 Å². The van der Waals surface area contributed by atoms with E-state index in [1.54, 1.807) is 0 Å². The lowest BCUT2D eigenvalue weighted by molar-refractivity contribution is 0.437. The third kappa shape index (κ3) is 6.39. The van der Waals surface area contributed by atoms with E-state index in [4.69, 9.17) is 9.15 Å². The van der Waals surface area contributed by atoms with Crippen molar-refractivity contribution < 1.29 is 9.15 Å². The zero-order chi connectivity index (χ0) is 46.9. The van der Waals surface area contributed by atoms with Crippen LogP contribution in [-0.2, 0) is 5.41 Å². The van der Waals surface area contributed by atoms with Crippen LogP contribution < -0.4 is 14.5 Å². The molecule has 0 radical (unpaired) electrons. The van der Waals surface area contributed by atoms with Gasteiger partial charge < -0.3 is 19.0 Å². The normalized spacial score (nSPS) is 12.7. The van der Waals surface area contributed by atoms with Gasteiger partial charge in [-0.2, -0.15) is 0 Å². The molecule has 0 amide bonds. The topological polar surface area (TPSA) is 28.9 Å². The summed E-state index contributed by atoms with van der Waals surface area (Å²) in [5.41, 5.74) is 18.7. The van der Waals surface area contributed by atoms with Gasteiger partial charge in [-0.15, -0.1) is 0 Å². The fourth-order valence-corrected chi connectivity index (χ4v) is 11.5. The third-order valence-corrected chi connectivity index (χ3v) is 14.5. The molecular formula is C67H44N2O2. The highest BCUT2D eigenvalue weighted by atomic mass is 16.5. The summed E-state index contributed by atoms with van der Waals surface area (Å²) in [4.78, 5) is 4.73. The van der Waals surface area contributed by atoms with E-state index < -0.39 is 5.41 Å². The molecule has 0 N–H and O–H groups in total. The Kier molecular flexibility index (Phi) is 9.39. The van der Waals surface area contributed by atoms with Gasteiger partial charge in [-0.3, -0.25) is 0 Å². The summed E-state index contributed by atoms with van der Waals surface area (Å²) in [6.07, 6.45) is 0. The van der Waals surface area contributed by atoms with E-state index in [1.807, 2.05) is 6.07 Å². The monoisotopic (exact) mass is 908 g/mol. The average molecular weight is 909 g/mol. The zero-order valence-corrected chi connectivity index (χ0v) is 38.6. The second kappa shape index (κ2) is 16.4. The second-order valence-corrected chi connectivity index (χ2v) is 18.4. The Labute approximate surface area is 412 Å². The minimum absolute atomic E-state index is 0.627. The molecule has 1 aliphatic carbocycles. The quantitative estimate of drug-likeness (QED) is 0.152. The van der Waals surface area contributed by atoms with Crippen molar-refractivity contribution in [3.63, 3.8) is 0 Å². The van der Waals surface area contributed by atoms with Crippen LogP contribution in [0.2, 0.25) is 0 Å². The molecule has 14 rings (SSSR count). The number of hydrogen-bond acceptors (Lipinski definition) is 4. The minimum atomic E-state index is -0.627. The summed E-state index contributed by atoms with van der Waals surface area (Å²) >= 11 is 0. The Morgan fingerprint density at radius 3 is 1.42 bits per heavy atom. The molecule has 2 heterocycles. The summed E-state index contributed by atoms with van der Waals surface area (Å²) in [6, 6.07) is 95.5. The maximum Gasteiger partial charge on any atom is 0.156 e. The molecule has 0 saturated carbocycles.